The second-order valence-corrected chi connectivity index (χ2v) is 4.81. The Bertz CT molecular complexity index is 211. The first-order valence-electron chi connectivity index (χ1n) is 5.59. The maximum absolute atomic E-state index is 11.1. The smallest absolute Gasteiger partial charge is 0.314 e. The quantitative estimate of drug-likeness (QED) is 0.745. The van der Waals surface area contributed by atoms with Crippen LogP contribution in [0.4, 0.5) is 4.79 Å². The summed E-state index contributed by atoms with van der Waals surface area (Å²) in [7, 11) is 1.64. The third-order valence-corrected chi connectivity index (χ3v) is 3.26. The normalized spacial score (nSPS) is 18.6. The molecule has 1 heterocycles. The summed E-state index contributed by atoms with van der Waals surface area (Å²) < 4.78 is 5.34. The standard InChI is InChI=1S/C11H22N2O2/c1-11(2,8-13-10(14)12-3)9-4-6-15-7-5-9/h9H,4-8H2,1-3H3,(H2,12,13,14). The molecular formula is C11H22N2O2. The highest BCUT2D eigenvalue weighted by Gasteiger charge is 2.31. The average Bonchev–Trinajstić information content (AvgIpc) is 2.27. The van der Waals surface area contributed by atoms with Crippen LogP contribution < -0.4 is 10.6 Å². The van der Waals surface area contributed by atoms with E-state index in [1.165, 1.54) is 0 Å². The van der Waals surface area contributed by atoms with Gasteiger partial charge in [0.15, 0.2) is 0 Å². The van der Waals surface area contributed by atoms with Crippen molar-refractivity contribution in [1.29, 1.82) is 0 Å². The van der Waals surface area contributed by atoms with E-state index in [4.69, 9.17) is 4.74 Å². The van der Waals surface area contributed by atoms with Crippen LogP contribution in [0.2, 0.25) is 0 Å². The molecule has 2 amide bonds. The second kappa shape index (κ2) is 5.35. The number of urea groups is 1. The molecule has 1 saturated heterocycles. The van der Waals surface area contributed by atoms with Gasteiger partial charge in [0.05, 0.1) is 0 Å². The van der Waals surface area contributed by atoms with E-state index < -0.39 is 0 Å². The molecule has 0 aliphatic carbocycles. The third-order valence-electron chi connectivity index (χ3n) is 3.26. The zero-order valence-electron chi connectivity index (χ0n) is 9.93. The summed E-state index contributed by atoms with van der Waals surface area (Å²) >= 11 is 0. The van der Waals surface area contributed by atoms with Crippen LogP contribution in [0.15, 0.2) is 0 Å². The lowest BCUT2D eigenvalue weighted by molar-refractivity contribution is 0.0237. The maximum Gasteiger partial charge on any atom is 0.314 e. The zero-order valence-corrected chi connectivity index (χ0v) is 9.93. The Hall–Kier alpha value is -0.770. The molecule has 88 valence electrons. The molecule has 2 N–H and O–H groups in total. The van der Waals surface area contributed by atoms with Crippen molar-refractivity contribution in [2.45, 2.75) is 26.7 Å². The second-order valence-electron chi connectivity index (χ2n) is 4.81. The van der Waals surface area contributed by atoms with Crippen LogP contribution in [-0.2, 0) is 4.74 Å². The van der Waals surface area contributed by atoms with Crippen molar-refractivity contribution in [3.63, 3.8) is 0 Å². The summed E-state index contributed by atoms with van der Waals surface area (Å²) in [5, 5.41) is 5.44. The van der Waals surface area contributed by atoms with Crippen LogP contribution in [0.1, 0.15) is 26.7 Å². The van der Waals surface area contributed by atoms with Gasteiger partial charge < -0.3 is 15.4 Å². The molecule has 0 aromatic rings. The van der Waals surface area contributed by atoms with Crippen molar-refractivity contribution in [2.75, 3.05) is 26.8 Å². The summed E-state index contributed by atoms with van der Waals surface area (Å²) in [5.41, 5.74) is 0.149. The molecule has 1 aliphatic heterocycles. The van der Waals surface area contributed by atoms with Crippen molar-refractivity contribution >= 4 is 6.03 Å². The van der Waals surface area contributed by atoms with Crippen LogP contribution in [0.25, 0.3) is 0 Å². The predicted molar refractivity (Wildman–Crippen MR) is 59.8 cm³/mol. The molecule has 0 atom stereocenters. The average molecular weight is 214 g/mol. The summed E-state index contributed by atoms with van der Waals surface area (Å²) in [6.45, 7) is 6.84. The molecule has 15 heavy (non-hydrogen) atoms. The van der Waals surface area contributed by atoms with Crippen molar-refractivity contribution < 1.29 is 9.53 Å². The Kier molecular flexibility index (Phi) is 4.39. The summed E-state index contributed by atoms with van der Waals surface area (Å²) in [5.74, 6) is 0.642. The van der Waals surface area contributed by atoms with Gasteiger partial charge in [-0.25, -0.2) is 4.79 Å². The molecule has 0 saturated carbocycles. The molecule has 1 rings (SSSR count). The van der Waals surface area contributed by atoms with E-state index in [2.05, 4.69) is 24.5 Å². The van der Waals surface area contributed by atoms with Crippen molar-refractivity contribution in [3.8, 4) is 0 Å². The Morgan fingerprint density at radius 3 is 2.53 bits per heavy atom. The van der Waals surface area contributed by atoms with Gasteiger partial charge in [-0.2, -0.15) is 0 Å². The molecule has 0 aromatic carbocycles. The number of carbonyl (C=O) groups is 1. The number of hydrogen-bond donors (Lipinski definition) is 2. The van der Waals surface area contributed by atoms with Gasteiger partial charge in [-0.15, -0.1) is 0 Å². The van der Waals surface area contributed by atoms with Crippen molar-refractivity contribution in [3.05, 3.63) is 0 Å². The van der Waals surface area contributed by atoms with E-state index in [-0.39, 0.29) is 11.4 Å². The molecule has 1 aliphatic rings. The van der Waals surface area contributed by atoms with E-state index in [1.807, 2.05) is 0 Å². The maximum atomic E-state index is 11.1. The lowest BCUT2D eigenvalue weighted by Crippen LogP contribution is -2.43. The molecule has 1 fully saturated rings. The lowest BCUT2D eigenvalue weighted by Gasteiger charge is -2.37. The fraction of sp³-hybridized carbons (Fsp3) is 0.909. The van der Waals surface area contributed by atoms with Gasteiger partial charge >= 0.3 is 6.03 Å². The van der Waals surface area contributed by atoms with Crippen LogP contribution in [-0.4, -0.2) is 32.8 Å². The monoisotopic (exact) mass is 214 g/mol. The minimum absolute atomic E-state index is 0.102. The number of amides is 2. The molecule has 4 heteroatoms. The van der Waals surface area contributed by atoms with E-state index in [9.17, 15) is 4.79 Å². The highest BCUT2D eigenvalue weighted by atomic mass is 16.5. The van der Waals surface area contributed by atoms with Crippen molar-refractivity contribution in [2.24, 2.45) is 11.3 Å². The first kappa shape index (κ1) is 12.3. The molecule has 4 nitrogen and oxygen atoms in total. The molecular weight excluding hydrogens is 192 g/mol. The Labute approximate surface area is 91.8 Å². The molecule has 0 aromatic heterocycles. The third kappa shape index (κ3) is 3.70. The van der Waals surface area contributed by atoms with Gasteiger partial charge in [-0.1, -0.05) is 13.8 Å². The first-order chi connectivity index (χ1) is 7.06. The van der Waals surface area contributed by atoms with Gasteiger partial charge in [0.2, 0.25) is 0 Å². The van der Waals surface area contributed by atoms with Gasteiger partial charge in [-0.3, -0.25) is 0 Å². The summed E-state index contributed by atoms with van der Waals surface area (Å²) in [6.07, 6.45) is 2.20. The SMILES string of the molecule is CNC(=O)NCC(C)(C)C1CCOCC1. The zero-order chi connectivity index (χ0) is 11.3. The molecule has 0 bridgehead atoms. The number of ether oxygens (including phenoxy) is 1. The number of carbonyl (C=O) groups excluding carboxylic acids is 1. The molecule has 0 radical (unpaired) electrons. The Morgan fingerprint density at radius 2 is 2.00 bits per heavy atom. The van der Waals surface area contributed by atoms with Crippen LogP contribution in [0.5, 0.6) is 0 Å². The first-order valence-corrected chi connectivity index (χ1v) is 5.59. The number of rotatable bonds is 3. The van der Waals surface area contributed by atoms with E-state index in [0.717, 1.165) is 32.6 Å². The fourth-order valence-corrected chi connectivity index (χ4v) is 2.02. The minimum Gasteiger partial charge on any atom is -0.381 e. The molecule has 0 spiro atoms. The Balaban J connectivity index is 2.38. The fourth-order valence-electron chi connectivity index (χ4n) is 2.02. The number of hydrogen-bond acceptors (Lipinski definition) is 2. The Morgan fingerprint density at radius 1 is 1.40 bits per heavy atom. The summed E-state index contributed by atoms with van der Waals surface area (Å²) in [6, 6.07) is -0.102. The molecule has 0 unspecified atom stereocenters. The van der Waals surface area contributed by atoms with Gasteiger partial charge in [0, 0.05) is 26.8 Å². The van der Waals surface area contributed by atoms with Crippen molar-refractivity contribution in [1.82, 2.24) is 10.6 Å². The topological polar surface area (TPSA) is 50.4 Å². The minimum atomic E-state index is -0.102. The van der Waals surface area contributed by atoms with Gasteiger partial charge in [0.1, 0.15) is 0 Å². The highest BCUT2D eigenvalue weighted by molar-refractivity contribution is 5.73. The van der Waals surface area contributed by atoms with Gasteiger partial charge in [0.25, 0.3) is 0 Å². The lowest BCUT2D eigenvalue weighted by atomic mass is 9.74. The van der Waals surface area contributed by atoms with E-state index in [0.29, 0.717) is 5.92 Å². The predicted octanol–water partition coefficient (Wildman–Crippen LogP) is 1.37. The largest absolute Gasteiger partial charge is 0.381 e. The van der Waals surface area contributed by atoms with Crippen LogP contribution in [0, 0.1) is 11.3 Å². The highest BCUT2D eigenvalue weighted by Crippen LogP contribution is 2.33. The summed E-state index contributed by atoms with van der Waals surface area (Å²) in [4.78, 5) is 11.1. The van der Waals surface area contributed by atoms with Gasteiger partial charge in [-0.05, 0) is 24.2 Å². The van der Waals surface area contributed by atoms with E-state index in [1.54, 1.807) is 7.05 Å². The number of nitrogens with one attached hydrogen (secondary N) is 2. The van der Waals surface area contributed by atoms with Crippen LogP contribution >= 0.6 is 0 Å². The van der Waals surface area contributed by atoms with E-state index >= 15 is 0 Å². The van der Waals surface area contributed by atoms with Crippen LogP contribution in [0.3, 0.4) is 0 Å².